The fourth-order valence-corrected chi connectivity index (χ4v) is 3.98. The molecule has 0 saturated heterocycles. The molecular formula is C17H15N3O2S. The summed E-state index contributed by atoms with van der Waals surface area (Å²) in [6, 6.07) is 11.5. The molecule has 0 aliphatic heterocycles. The highest BCUT2D eigenvalue weighted by molar-refractivity contribution is 7.20. The van der Waals surface area contributed by atoms with Crippen molar-refractivity contribution in [2.75, 3.05) is 0 Å². The number of carbonyl (C=O) groups is 1. The molecule has 0 saturated carbocycles. The lowest BCUT2D eigenvalue weighted by molar-refractivity contribution is 0.0937. The van der Waals surface area contributed by atoms with Crippen molar-refractivity contribution in [1.82, 2.24) is 15.5 Å². The number of aromatic amines is 1. The molecule has 1 aromatic carbocycles. The van der Waals surface area contributed by atoms with Gasteiger partial charge in [-0.15, -0.1) is 11.3 Å². The number of rotatable bonds is 2. The molecule has 2 heterocycles. The minimum Gasteiger partial charge on any atom is -0.348 e. The van der Waals surface area contributed by atoms with Gasteiger partial charge in [0.05, 0.1) is 10.6 Å². The molecule has 4 rings (SSSR count). The summed E-state index contributed by atoms with van der Waals surface area (Å²) >= 11 is 1.50. The van der Waals surface area contributed by atoms with E-state index in [2.05, 4.69) is 15.5 Å². The number of nitrogens with one attached hydrogen (secondary N) is 2. The number of aryl methyl sites for hydroxylation is 1. The van der Waals surface area contributed by atoms with E-state index in [9.17, 15) is 9.59 Å². The third kappa shape index (κ3) is 2.77. The van der Waals surface area contributed by atoms with E-state index in [0.717, 1.165) is 39.1 Å². The monoisotopic (exact) mass is 325 g/mol. The van der Waals surface area contributed by atoms with E-state index in [1.54, 1.807) is 6.07 Å². The largest absolute Gasteiger partial charge is 0.348 e. The molecule has 1 atom stereocenters. The third-order valence-electron chi connectivity index (χ3n) is 4.16. The van der Waals surface area contributed by atoms with Crippen LogP contribution in [0.15, 0.2) is 41.2 Å². The summed E-state index contributed by atoms with van der Waals surface area (Å²) in [6.07, 6.45) is 2.26. The van der Waals surface area contributed by atoms with Crippen LogP contribution in [0.4, 0.5) is 0 Å². The van der Waals surface area contributed by atoms with Crippen LogP contribution >= 0.6 is 11.3 Å². The van der Waals surface area contributed by atoms with Crippen molar-refractivity contribution in [3.05, 3.63) is 62.9 Å². The molecule has 6 heteroatoms. The van der Waals surface area contributed by atoms with Gasteiger partial charge in [-0.05, 0) is 42.3 Å². The van der Waals surface area contributed by atoms with E-state index >= 15 is 0 Å². The van der Waals surface area contributed by atoms with Crippen molar-refractivity contribution >= 4 is 27.3 Å². The number of carbonyl (C=O) groups excluding carboxylic acids is 1. The highest BCUT2D eigenvalue weighted by atomic mass is 32.1. The lowest BCUT2D eigenvalue weighted by Crippen LogP contribution is -2.39. The van der Waals surface area contributed by atoms with E-state index in [-0.39, 0.29) is 17.5 Å². The molecule has 1 aliphatic rings. The minimum atomic E-state index is -0.194. The molecule has 1 aliphatic carbocycles. The predicted molar refractivity (Wildman–Crippen MR) is 90.0 cm³/mol. The molecule has 1 amide bonds. The summed E-state index contributed by atoms with van der Waals surface area (Å²) in [5.74, 6) is -0.0440. The summed E-state index contributed by atoms with van der Waals surface area (Å²) in [7, 11) is 0. The zero-order valence-electron chi connectivity index (χ0n) is 12.3. The quantitative estimate of drug-likeness (QED) is 0.759. The SMILES string of the molecule is O=C(N[C@H]1CCc2n[nH]c(=O)cc2C1)c1cc2ccccc2s1. The standard InChI is InChI=1S/C17H15N3O2S/c21-16-9-11-7-12(5-6-13(11)19-20-16)18-17(22)15-8-10-3-1-2-4-14(10)23-15/h1-4,8-9,12H,5-7H2,(H,18,22)(H,20,21)/t12-/m0/s1. The molecule has 0 spiro atoms. The Hall–Kier alpha value is -2.47. The van der Waals surface area contributed by atoms with Gasteiger partial charge >= 0.3 is 0 Å². The van der Waals surface area contributed by atoms with Gasteiger partial charge in [0.25, 0.3) is 11.5 Å². The number of thiophene rings is 1. The van der Waals surface area contributed by atoms with Gasteiger partial charge < -0.3 is 5.32 Å². The zero-order chi connectivity index (χ0) is 15.8. The number of benzene rings is 1. The number of hydrogen-bond acceptors (Lipinski definition) is 4. The highest BCUT2D eigenvalue weighted by Gasteiger charge is 2.22. The van der Waals surface area contributed by atoms with Gasteiger partial charge in [-0.2, -0.15) is 5.10 Å². The van der Waals surface area contributed by atoms with Crippen molar-refractivity contribution < 1.29 is 4.79 Å². The predicted octanol–water partition coefficient (Wildman–Crippen LogP) is 2.27. The number of hydrogen-bond donors (Lipinski definition) is 2. The number of fused-ring (bicyclic) bond motifs is 2. The van der Waals surface area contributed by atoms with Gasteiger partial charge in [0, 0.05) is 16.8 Å². The van der Waals surface area contributed by atoms with Gasteiger partial charge in [-0.1, -0.05) is 18.2 Å². The zero-order valence-corrected chi connectivity index (χ0v) is 13.2. The average Bonchev–Trinajstić information content (AvgIpc) is 2.98. The fraction of sp³-hybridized carbons (Fsp3) is 0.235. The lowest BCUT2D eigenvalue weighted by Gasteiger charge is -2.24. The Kier molecular flexibility index (Phi) is 3.46. The van der Waals surface area contributed by atoms with Gasteiger partial charge in [-0.25, -0.2) is 5.10 Å². The minimum absolute atomic E-state index is 0.0440. The van der Waals surface area contributed by atoms with E-state index in [1.165, 1.54) is 11.3 Å². The van der Waals surface area contributed by atoms with Crippen molar-refractivity contribution in [2.45, 2.75) is 25.3 Å². The Morgan fingerprint density at radius 2 is 2.17 bits per heavy atom. The average molecular weight is 325 g/mol. The first kappa shape index (κ1) is 14.1. The maximum atomic E-state index is 12.5. The second-order valence-corrected chi connectivity index (χ2v) is 6.85. The molecule has 116 valence electrons. The van der Waals surface area contributed by atoms with Crippen LogP contribution in [0.3, 0.4) is 0 Å². The number of amides is 1. The van der Waals surface area contributed by atoms with Crippen LogP contribution in [0.1, 0.15) is 27.3 Å². The van der Waals surface area contributed by atoms with Crippen LogP contribution in [0, 0.1) is 0 Å². The molecule has 2 aromatic heterocycles. The van der Waals surface area contributed by atoms with E-state index < -0.39 is 0 Å². The Morgan fingerprint density at radius 1 is 1.30 bits per heavy atom. The Bertz CT molecular complexity index is 911. The molecular weight excluding hydrogens is 310 g/mol. The molecule has 0 unspecified atom stereocenters. The van der Waals surface area contributed by atoms with Crippen molar-refractivity contribution in [1.29, 1.82) is 0 Å². The first-order valence-electron chi connectivity index (χ1n) is 7.56. The van der Waals surface area contributed by atoms with E-state index in [4.69, 9.17) is 0 Å². The fourth-order valence-electron chi connectivity index (χ4n) is 3.01. The summed E-state index contributed by atoms with van der Waals surface area (Å²) in [4.78, 5) is 24.6. The second-order valence-electron chi connectivity index (χ2n) is 5.77. The Labute approximate surface area is 136 Å². The summed E-state index contributed by atoms with van der Waals surface area (Å²) in [5, 5.41) is 10.7. The maximum Gasteiger partial charge on any atom is 0.264 e. The lowest BCUT2D eigenvalue weighted by atomic mass is 9.92. The number of H-pyrrole nitrogens is 1. The summed E-state index contributed by atoms with van der Waals surface area (Å²) in [6.45, 7) is 0. The van der Waals surface area contributed by atoms with Crippen molar-refractivity contribution in [3.8, 4) is 0 Å². The number of aromatic nitrogens is 2. The number of nitrogens with zero attached hydrogens (tertiary/aromatic N) is 1. The first-order chi connectivity index (χ1) is 11.2. The van der Waals surface area contributed by atoms with Crippen LogP contribution in [-0.2, 0) is 12.8 Å². The molecule has 23 heavy (non-hydrogen) atoms. The van der Waals surface area contributed by atoms with E-state index in [0.29, 0.717) is 6.42 Å². The summed E-state index contributed by atoms with van der Waals surface area (Å²) < 4.78 is 1.11. The first-order valence-corrected chi connectivity index (χ1v) is 8.37. The molecule has 5 nitrogen and oxygen atoms in total. The second kappa shape index (κ2) is 5.62. The Morgan fingerprint density at radius 3 is 3.04 bits per heavy atom. The molecule has 3 aromatic rings. The van der Waals surface area contributed by atoms with Gasteiger partial charge in [-0.3, -0.25) is 9.59 Å². The normalized spacial score (nSPS) is 17.0. The molecule has 0 fully saturated rings. The van der Waals surface area contributed by atoms with Crippen molar-refractivity contribution in [2.24, 2.45) is 0 Å². The highest BCUT2D eigenvalue weighted by Crippen LogP contribution is 2.26. The molecule has 0 bridgehead atoms. The third-order valence-corrected chi connectivity index (χ3v) is 5.27. The Balaban J connectivity index is 1.52. The summed E-state index contributed by atoms with van der Waals surface area (Å²) in [5.41, 5.74) is 1.67. The van der Waals surface area contributed by atoms with Crippen LogP contribution in [0.2, 0.25) is 0 Å². The van der Waals surface area contributed by atoms with Crippen LogP contribution < -0.4 is 10.9 Å². The van der Waals surface area contributed by atoms with Crippen LogP contribution in [0.25, 0.3) is 10.1 Å². The molecule has 0 radical (unpaired) electrons. The smallest absolute Gasteiger partial charge is 0.264 e. The maximum absolute atomic E-state index is 12.5. The van der Waals surface area contributed by atoms with E-state index in [1.807, 2.05) is 30.3 Å². The van der Waals surface area contributed by atoms with Crippen molar-refractivity contribution in [3.63, 3.8) is 0 Å². The molecule has 2 N–H and O–H groups in total. The van der Waals surface area contributed by atoms with Crippen LogP contribution in [-0.4, -0.2) is 22.1 Å². The topological polar surface area (TPSA) is 74.8 Å². The van der Waals surface area contributed by atoms with Gasteiger partial charge in [0.15, 0.2) is 0 Å². The van der Waals surface area contributed by atoms with Gasteiger partial charge in [0.2, 0.25) is 0 Å². The van der Waals surface area contributed by atoms with Gasteiger partial charge in [0.1, 0.15) is 0 Å². The van der Waals surface area contributed by atoms with Crippen LogP contribution in [0.5, 0.6) is 0 Å².